The molecule has 1 heterocycles. The molecule has 0 saturated heterocycles. The fourth-order valence-electron chi connectivity index (χ4n) is 2.57. The van der Waals surface area contributed by atoms with Gasteiger partial charge in [-0.15, -0.1) is 0 Å². The molecule has 0 saturated carbocycles. The number of methoxy groups -OCH3 is 1. The summed E-state index contributed by atoms with van der Waals surface area (Å²) in [7, 11) is 5.27. The van der Waals surface area contributed by atoms with E-state index >= 15 is 0 Å². The molecule has 1 atom stereocenters. The van der Waals surface area contributed by atoms with Gasteiger partial charge in [-0.05, 0) is 38.2 Å². The topological polar surface area (TPSA) is 87.8 Å². The van der Waals surface area contributed by atoms with E-state index in [1.165, 1.54) is 25.3 Å². The molecule has 8 heteroatoms. The number of carboxylic acid groups (broad SMARTS) is 1. The van der Waals surface area contributed by atoms with E-state index < -0.39 is 11.8 Å². The molecule has 1 aromatic carbocycles. The van der Waals surface area contributed by atoms with Crippen molar-refractivity contribution >= 4 is 11.8 Å². The van der Waals surface area contributed by atoms with Crippen molar-refractivity contribution in [2.45, 2.75) is 6.92 Å². The van der Waals surface area contributed by atoms with Crippen LogP contribution < -0.4 is 10.1 Å². The zero-order chi connectivity index (χ0) is 18.6. The second-order valence-electron chi connectivity index (χ2n) is 6.14. The van der Waals surface area contributed by atoms with E-state index in [-0.39, 0.29) is 28.8 Å². The molecule has 25 heavy (non-hydrogen) atoms. The number of ether oxygens (including phenoxy) is 1. The lowest BCUT2D eigenvalue weighted by atomic mass is 10.1. The smallest absolute Gasteiger partial charge is 0.343 e. The SMILES string of the molecule is COc1cc(-c2onc(NCC(C)CN(C)C)c2C(=O)O)ccc1F. The van der Waals surface area contributed by atoms with Crippen molar-refractivity contribution < 1.29 is 23.6 Å². The molecule has 136 valence electrons. The standard InChI is InChI=1S/C17H22FN3O4/c1-10(9-21(2)3)8-19-16-14(17(22)23)15(25-20-16)11-5-6-12(18)13(7-11)24-4/h5-7,10H,8-9H2,1-4H3,(H,19,20)(H,22,23). The highest BCUT2D eigenvalue weighted by molar-refractivity contribution is 5.99. The second kappa shape index (κ2) is 7.98. The number of aromatic nitrogens is 1. The maximum absolute atomic E-state index is 13.6. The Bertz CT molecular complexity index is 745. The molecule has 0 aliphatic carbocycles. The van der Waals surface area contributed by atoms with Crippen molar-refractivity contribution in [2.75, 3.05) is 39.6 Å². The maximum atomic E-state index is 13.6. The number of nitrogens with zero attached hydrogens (tertiary/aromatic N) is 2. The normalized spacial score (nSPS) is 12.2. The first-order valence-electron chi connectivity index (χ1n) is 7.79. The first-order chi connectivity index (χ1) is 11.8. The molecule has 0 bridgehead atoms. The van der Waals surface area contributed by atoms with Crippen molar-refractivity contribution in [1.82, 2.24) is 10.1 Å². The third-order valence-electron chi connectivity index (χ3n) is 3.61. The average Bonchev–Trinajstić information content (AvgIpc) is 2.97. The van der Waals surface area contributed by atoms with E-state index in [9.17, 15) is 14.3 Å². The van der Waals surface area contributed by atoms with Gasteiger partial charge in [-0.2, -0.15) is 0 Å². The number of carboxylic acids is 1. The Morgan fingerprint density at radius 2 is 2.20 bits per heavy atom. The number of carbonyl (C=O) groups is 1. The van der Waals surface area contributed by atoms with Gasteiger partial charge in [-0.25, -0.2) is 9.18 Å². The highest BCUT2D eigenvalue weighted by Gasteiger charge is 2.25. The quantitative estimate of drug-likeness (QED) is 0.756. The molecule has 0 aliphatic rings. The average molecular weight is 351 g/mol. The fraction of sp³-hybridized carbons (Fsp3) is 0.412. The molecule has 0 fully saturated rings. The van der Waals surface area contributed by atoms with Crippen LogP contribution in [0.5, 0.6) is 5.75 Å². The molecule has 0 radical (unpaired) electrons. The summed E-state index contributed by atoms with van der Waals surface area (Å²) >= 11 is 0. The number of hydrogen-bond donors (Lipinski definition) is 2. The highest BCUT2D eigenvalue weighted by atomic mass is 19.1. The summed E-state index contributed by atoms with van der Waals surface area (Å²) in [4.78, 5) is 13.7. The van der Waals surface area contributed by atoms with Gasteiger partial charge < -0.3 is 24.6 Å². The molecule has 2 aromatic rings. The summed E-state index contributed by atoms with van der Waals surface area (Å²) in [6, 6.07) is 3.98. The molecule has 0 aliphatic heterocycles. The summed E-state index contributed by atoms with van der Waals surface area (Å²) in [5, 5.41) is 16.4. The van der Waals surface area contributed by atoms with Gasteiger partial charge in [-0.1, -0.05) is 12.1 Å². The number of benzene rings is 1. The van der Waals surface area contributed by atoms with Crippen LogP contribution in [-0.2, 0) is 0 Å². The van der Waals surface area contributed by atoms with Gasteiger partial charge in [0.2, 0.25) is 0 Å². The third-order valence-corrected chi connectivity index (χ3v) is 3.61. The van der Waals surface area contributed by atoms with Crippen LogP contribution >= 0.6 is 0 Å². The van der Waals surface area contributed by atoms with Crippen molar-refractivity contribution in [1.29, 1.82) is 0 Å². The van der Waals surface area contributed by atoms with Gasteiger partial charge in [0, 0.05) is 18.7 Å². The Hall–Kier alpha value is -2.61. The second-order valence-corrected chi connectivity index (χ2v) is 6.14. The molecule has 0 amide bonds. The number of rotatable bonds is 8. The van der Waals surface area contributed by atoms with Gasteiger partial charge in [0.05, 0.1) is 7.11 Å². The Morgan fingerprint density at radius 1 is 1.48 bits per heavy atom. The van der Waals surface area contributed by atoms with Gasteiger partial charge in [0.1, 0.15) is 0 Å². The molecule has 1 aromatic heterocycles. The van der Waals surface area contributed by atoms with E-state index in [1.54, 1.807) is 0 Å². The lowest BCUT2D eigenvalue weighted by Gasteiger charge is -2.17. The van der Waals surface area contributed by atoms with Crippen molar-refractivity contribution in [3.05, 3.63) is 29.6 Å². The zero-order valence-corrected chi connectivity index (χ0v) is 14.7. The summed E-state index contributed by atoms with van der Waals surface area (Å²) in [5.41, 5.74) is 0.281. The molecular weight excluding hydrogens is 329 g/mol. The minimum Gasteiger partial charge on any atom is -0.494 e. The maximum Gasteiger partial charge on any atom is 0.343 e. The monoisotopic (exact) mass is 351 g/mol. The van der Waals surface area contributed by atoms with E-state index in [4.69, 9.17) is 9.26 Å². The molecule has 2 rings (SSSR count). The predicted molar refractivity (Wildman–Crippen MR) is 91.6 cm³/mol. The first kappa shape index (κ1) is 18.7. The Labute approximate surface area is 145 Å². The minimum atomic E-state index is -1.18. The van der Waals surface area contributed by atoms with Crippen LogP contribution in [0.2, 0.25) is 0 Å². The van der Waals surface area contributed by atoms with E-state index in [2.05, 4.69) is 10.5 Å². The van der Waals surface area contributed by atoms with Crippen LogP contribution in [0.3, 0.4) is 0 Å². The van der Waals surface area contributed by atoms with Crippen LogP contribution in [0.1, 0.15) is 17.3 Å². The minimum absolute atomic E-state index is 0.000599. The number of halogens is 1. The Balaban J connectivity index is 2.29. The van der Waals surface area contributed by atoms with Crippen LogP contribution in [0.25, 0.3) is 11.3 Å². The first-order valence-corrected chi connectivity index (χ1v) is 7.79. The molecule has 2 N–H and O–H groups in total. The largest absolute Gasteiger partial charge is 0.494 e. The van der Waals surface area contributed by atoms with Crippen LogP contribution in [0.4, 0.5) is 10.2 Å². The van der Waals surface area contributed by atoms with E-state index in [0.29, 0.717) is 12.1 Å². The predicted octanol–water partition coefficient (Wildman–Crippen LogP) is 2.80. The lowest BCUT2D eigenvalue weighted by molar-refractivity contribution is 0.0698. The highest BCUT2D eigenvalue weighted by Crippen LogP contribution is 2.32. The van der Waals surface area contributed by atoms with Gasteiger partial charge in [0.15, 0.2) is 28.7 Å². The van der Waals surface area contributed by atoms with Crippen LogP contribution in [-0.4, -0.2) is 55.4 Å². The van der Waals surface area contributed by atoms with Crippen LogP contribution in [0, 0.1) is 11.7 Å². The summed E-state index contributed by atoms with van der Waals surface area (Å²) in [6.07, 6.45) is 0. The van der Waals surface area contributed by atoms with E-state index in [0.717, 1.165) is 6.54 Å². The van der Waals surface area contributed by atoms with Gasteiger partial charge >= 0.3 is 5.97 Å². The summed E-state index contributed by atoms with van der Waals surface area (Å²) in [6.45, 7) is 3.42. The number of hydrogen-bond acceptors (Lipinski definition) is 6. The lowest BCUT2D eigenvalue weighted by Crippen LogP contribution is -2.25. The zero-order valence-electron chi connectivity index (χ0n) is 14.7. The third kappa shape index (κ3) is 4.48. The Morgan fingerprint density at radius 3 is 2.80 bits per heavy atom. The summed E-state index contributed by atoms with van der Waals surface area (Å²) in [5.74, 6) is -1.24. The molecule has 7 nitrogen and oxygen atoms in total. The number of aromatic carboxylic acids is 1. The molecule has 1 unspecified atom stereocenters. The summed E-state index contributed by atoms with van der Waals surface area (Å²) < 4.78 is 23.7. The van der Waals surface area contributed by atoms with Gasteiger partial charge in [-0.3, -0.25) is 0 Å². The number of anilines is 1. The Kier molecular flexibility index (Phi) is 5.97. The molecule has 0 spiro atoms. The molecular formula is C17H22FN3O4. The van der Waals surface area contributed by atoms with Crippen molar-refractivity contribution in [2.24, 2.45) is 5.92 Å². The van der Waals surface area contributed by atoms with Crippen molar-refractivity contribution in [3.8, 4) is 17.1 Å². The van der Waals surface area contributed by atoms with Crippen LogP contribution in [0.15, 0.2) is 22.7 Å². The fourth-order valence-corrected chi connectivity index (χ4v) is 2.57. The number of nitrogens with one attached hydrogen (secondary N) is 1. The van der Waals surface area contributed by atoms with E-state index in [1.807, 2.05) is 25.9 Å². The van der Waals surface area contributed by atoms with Gasteiger partial charge in [0.25, 0.3) is 0 Å². The van der Waals surface area contributed by atoms with Crippen molar-refractivity contribution in [3.63, 3.8) is 0 Å².